The zero-order valence-electron chi connectivity index (χ0n) is 25.3. The minimum Gasteiger partial charge on any atom is -0.298 e. The molecule has 0 spiro atoms. The molecule has 0 radical (unpaired) electrons. The van der Waals surface area contributed by atoms with Crippen LogP contribution in [-0.4, -0.2) is 5.78 Å². The van der Waals surface area contributed by atoms with Gasteiger partial charge in [0, 0.05) is 11.8 Å². The van der Waals surface area contributed by atoms with Gasteiger partial charge in [-0.05, 0) is 102 Å². The third kappa shape index (κ3) is 3.04. The van der Waals surface area contributed by atoms with Crippen molar-refractivity contribution in [3.05, 3.63) is 200 Å². The van der Waals surface area contributed by atoms with Crippen molar-refractivity contribution in [2.24, 2.45) is 0 Å². The van der Waals surface area contributed by atoms with Gasteiger partial charge in [-0.2, -0.15) is 0 Å². The Kier molecular flexibility index (Phi) is 4.85. The van der Waals surface area contributed by atoms with Crippen LogP contribution < -0.4 is 0 Å². The summed E-state index contributed by atoms with van der Waals surface area (Å²) in [6.07, 6.45) is 1.70. The summed E-state index contributed by atoms with van der Waals surface area (Å²) in [5, 5.41) is 2.61. The standard InChI is InChI=1S/C45H30O/c46-45-43-34-23-28-15-7-9-17-30(28)39(34)36(25-11-3-1-4-12-25)32-21-19-27-20-22-33-37(26-13-5-2-6-14-26)40-31-18-10-8-16-29(31)24-35(40)44(45)42(33)38(27)41(32)43/h1-22,36-37,43-44H,23-24H2. The first-order valence-electron chi connectivity index (χ1n) is 16.6. The highest BCUT2D eigenvalue weighted by Crippen LogP contribution is 2.64. The molecule has 0 bridgehead atoms. The Labute approximate surface area is 268 Å². The summed E-state index contributed by atoms with van der Waals surface area (Å²) in [5.41, 5.74) is 18.5. The lowest BCUT2D eigenvalue weighted by molar-refractivity contribution is -0.120. The van der Waals surface area contributed by atoms with Crippen LogP contribution in [0.25, 0.3) is 21.9 Å². The molecule has 216 valence electrons. The van der Waals surface area contributed by atoms with Gasteiger partial charge in [-0.15, -0.1) is 0 Å². The maximum absolute atomic E-state index is 15.6. The van der Waals surface area contributed by atoms with Crippen LogP contribution in [0.2, 0.25) is 0 Å². The van der Waals surface area contributed by atoms with E-state index < -0.39 is 0 Å². The lowest BCUT2D eigenvalue weighted by Gasteiger charge is -2.44. The number of fused-ring (bicyclic) bond motifs is 6. The predicted octanol–water partition coefficient (Wildman–Crippen LogP) is 9.90. The van der Waals surface area contributed by atoms with Gasteiger partial charge in [0.25, 0.3) is 0 Å². The van der Waals surface area contributed by atoms with Crippen molar-refractivity contribution in [3.63, 3.8) is 0 Å². The van der Waals surface area contributed by atoms with Crippen LogP contribution in [0.3, 0.4) is 0 Å². The average Bonchev–Trinajstić information content (AvgIpc) is 3.68. The molecule has 46 heavy (non-hydrogen) atoms. The molecule has 0 aliphatic heterocycles. The summed E-state index contributed by atoms with van der Waals surface area (Å²) >= 11 is 0. The van der Waals surface area contributed by atoms with Gasteiger partial charge in [-0.1, -0.05) is 133 Å². The Morgan fingerprint density at radius 2 is 0.870 bits per heavy atom. The quantitative estimate of drug-likeness (QED) is 0.197. The summed E-state index contributed by atoms with van der Waals surface area (Å²) in [4.78, 5) is 15.6. The molecule has 5 aliphatic rings. The Bertz CT molecular complexity index is 2230. The molecule has 4 atom stereocenters. The average molecular weight is 587 g/mol. The van der Waals surface area contributed by atoms with Gasteiger partial charge >= 0.3 is 0 Å². The first-order valence-corrected chi connectivity index (χ1v) is 16.6. The van der Waals surface area contributed by atoms with Gasteiger partial charge in [-0.3, -0.25) is 4.79 Å². The summed E-state index contributed by atoms with van der Waals surface area (Å²) in [5.74, 6) is 0.149. The van der Waals surface area contributed by atoms with E-state index in [1.54, 1.807) is 0 Å². The van der Waals surface area contributed by atoms with Crippen LogP contribution in [-0.2, 0) is 17.6 Å². The van der Waals surface area contributed by atoms with Crippen LogP contribution in [0.15, 0.2) is 145 Å². The molecule has 0 heterocycles. The molecule has 1 nitrogen and oxygen atoms in total. The van der Waals surface area contributed by atoms with Crippen molar-refractivity contribution < 1.29 is 4.79 Å². The first kappa shape index (κ1) is 25.0. The molecule has 0 aromatic heterocycles. The summed E-state index contributed by atoms with van der Waals surface area (Å²) < 4.78 is 0. The van der Waals surface area contributed by atoms with Crippen molar-refractivity contribution in [2.75, 3.05) is 0 Å². The van der Waals surface area contributed by atoms with E-state index >= 15 is 4.79 Å². The zero-order valence-corrected chi connectivity index (χ0v) is 25.3. The number of Topliss-reactive ketones (excluding diaryl/α,β-unsaturated/α-hetero) is 1. The normalized spacial score (nSPS) is 22.9. The minimum absolute atomic E-state index is 0.106. The second kappa shape index (κ2) is 8.92. The minimum atomic E-state index is -0.223. The number of benzene rings is 6. The van der Waals surface area contributed by atoms with Crippen molar-refractivity contribution in [1.29, 1.82) is 0 Å². The molecule has 11 rings (SSSR count). The third-order valence-corrected chi connectivity index (χ3v) is 11.7. The molecule has 0 saturated heterocycles. The largest absolute Gasteiger partial charge is 0.298 e. The van der Waals surface area contributed by atoms with E-state index in [2.05, 4.69) is 133 Å². The smallest absolute Gasteiger partial charge is 0.155 e. The fourth-order valence-electron chi connectivity index (χ4n) is 10.1. The van der Waals surface area contributed by atoms with Gasteiger partial charge < -0.3 is 0 Å². The molecule has 6 aromatic rings. The number of hydrogen-bond acceptors (Lipinski definition) is 1. The highest BCUT2D eigenvalue weighted by molar-refractivity contribution is 6.14. The molecular weight excluding hydrogens is 556 g/mol. The van der Waals surface area contributed by atoms with E-state index in [0.29, 0.717) is 5.78 Å². The fourth-order valence-corrected chi connectivity index (χ4v) is 10.1. The molecule has 6 aromatic carbocycles. The molecule has 0 amide bonds. The van der Waals surface area contributed by atoms with Crippen molar-refractivity contribution in [3.8, 4) is 0 Å². The Morgan fingerprint density at radius 1 is 0.435 bits per heavy atom. The van der Waals surface area contributed by atoms with Gasteiger partial charge in [0.15, 0.2) is 5.78 Å². The number of carbonyl (C=O) groups is 1. The van der Waals surface area contributed by atoms with E-state index in [1.165, 1.54) is 88.7 Å². The van der Waals surface area contributed by atoms with Gasteiger partial charge in [0.1, 0.15) is 0 Å². The summed E-state index contributed by atoms with van der Waals surface area (Å²) in [7, 11) is 0. The first-order chi connectivity index (χ1) is 22.8. The number of hydrogen-bond donors (Lipinski definition) is 0. The summed E-state index contributed by atoms with van der Waals surface area (Å²) in [6.45, 7) is 0. The zero-order chi connectivity index (χ0) is 30.1. The van der Waals surface area contributed by atoms with Gasteiger partial charge in [-0.25, -0.2) is 0 Å². The van der Waals surface area contributed by atoms with E-state index in [9.17, 15) is 0 Å². The van der Waals surface area contributed by atoms with Crippen LogP contribution in [0, 0.1) is 0 Å². The molecule has 5 aliphatic carbocycles. The highest BCUT2D eigenvalue weighted by atomic mass is 16.1. The number of ketones is 1. The second-order valence-electron chi connectivity index (χ2n) is 13.7. The lowest BCUT2D eigenvalue weighted by atomic mass is 9.58. The highest BCUT2D eigenvalue weighted by Gasteiger charge is 2.52. The van der Waals surface area contributed by atoms with E-state index in [4.69, 9.17) is 0 Å². The Balaban J connectivity index is 1.27. The van der Waals surface area contributed by atoms with Crippen LogP contribution in [0.5, 0.6) is 0 Å². The van der Waals surface area contributed by atoms with Gasteiger partial charge in [0.2, 0.25) is 0 Å². The lowest BCUT2D eigenvalue weighted by Crippen LogP contribution is -2.35. The van der Waals surface area contributed by atoms with E-state index in [0.717, 1.165) is 12.8 Å². The van der Waals surface area contributed by atoms with Gasteiger partial charge in [0.05, 0.1) is 11.8 Å². The monoisotopic (exact) mass is 586 g/mol. The fraction of sp³-hybridized carbons (Fsp3) is 0.133. The van der Waals surface area contributed by atoms with Crippen molar-refractivity contribution in [1.82, 2.24) is 0 Å². The molecule has 0 N–H and O–H groups in total. The molecule has 1 heteroatoms. The molecule has 0 fully saturated rings. The second-order valence-corrected chi connectivity index (χ2v) is 13.7. The third-order valence-electron chi connectivity index (χ3n) is 11.7. The number of allylic oxidation sites excluding steroid dienone is 4. The summed E-state index contributed by atoms with van der Waals surface area (Å²) in [6, 6.07) is 49.1. The predicted molar refractivity (Wildman–Crippen MR) is 185 cm³/mol. The molecule has 4 unspecified atom stereocenters. The van der Waals surface area contributed by atoms with Crippen molar-refractivity contribution in [2.45, 2.75) is 36.5 Å². The van der Waals surface area contributed by atoms with Crippen LogP contribution >= 0.6 is 0 Å². The maximum atomic E-state index is 15.6. The SMILES string of the molecule is O=C1C2C3=C(c4ccccc4C3)C(c3ccccc3)c3ccc4ccc5c(c4c32)C1C1=C(c2ccccc2C1)C5c1ccccc1. The Morgan fingerprint density at radius 3 is 1.35 bits per heavy atom. The Hall–Kier alpha value is -5.27. The van der Waals surface area contributed by atoms with E-state index in [1.807, 2.05) is 0 Å². The van der Waals surface area contributed by atoms with Crippen LogP contribution in [0.4, 0.5) is 0 Å². The molecular formula is C45H30O. The molecule has 0 saturated carbocycles. The topological polar surface area (TPSA) is 17.1 Å². The van der Waals surface area contributed by atoms with Crippen LogP contribution in [0.1, 0.15) is 79.3 Å². The maximum Gasteiger partial charge on any atom is 0.155 e. The van der Waals surface area contributed by atoms with Crippen molar-refractivity contribution >= 4 is 27.7 Å². The van der Waals surface area contributed by atoms with E-state index in [-0.39, 0.29) is 23.7 Å². The number of carbonyl (C=O) groups excluding carboxylic acids is 1. The number of rotatable bonds is 2.